The Hall–Kier alpha value is -0.300. The summed E-state index contributed by atoms with van der Waals surface area (Å²) in [7, 11) is 0. The van der Waals surface area contributed by atoms with Gasteiger partial charge in [-0.3, -0.25) is 4.99 Å². The first-order chi connectivity index (χ1) is 8.70. The summed E-state index contributed by atoms with van der Waals surface area (Å²) in [4.78, 5) is 7.04. The molecule has 2 saturated heterocycles. The van der Waals surface area contributed by atoms with Gasteiger partial charge in [-0.1, -0.05) is 18.7 Å². The van der Waals surface area contributed by atoms with Crippen molar-refractivity contribution in [1.82, 2.24) is 4.90 Å². The summed E-state index contributed by atoms with van der Waals surface area (Å²) in [5.41, 5.74) is -0.0452. The second-order valence-electron chi connectivity index (χ2n) is 5.29. The molecule has 2 N–H and O–H groups in total. The van der Waals surface area contributed by atoms with Crippen LogP contribution in [-0.4, -0.2) is 63.7 Å². The van der Waals surface area contributed by atoms with E-state index >= 15 is 0 Å². The van der Waals surface area contributed by atoms with E-state index < -0.39 is 12.2 Å². The molecule has 0 aliphatic carbocycles. The van der Waals surface area contributed by atoms with E-state index in [2.05, 4.69) is 4.90 Å². The number of amidine groups is 1. The highest BCUT2D eigenvalue weighted by Gasteiger charge is 2.47. The van der Waals surface area contributed by atoms with Gasteiger partial charge >= 0.3 is 0 Å². The minimum absolute atomic E-state index is 0.0170. The predicted octanol–water partition coefficient (Wildman–Crippen LogP) is 0.268. The van der Waals surface area contributed by atoms with E-state index in [-0.39, 0.29) is 24.0 Å². The Labute approximate surface area is 111 Å². The number of thioether (sulfide) groups is 1. The average molecular weight is 272 g/mol. The number of aliphatic hydroxyl groups excluding tert-OH is 2. The second kappa shape index (κ2) is 5.00. The highest BCUT2D eigenvalue weighted by atomic mass is 32.2. The van der Waals surface area contributed by atoms with E-state index in [0.717, 1.165) is 18.3 Å². The van der Waals surface area contributed by atoms with Crippen LogP contribution in [0.3, 0.4) is 0 Å². The first kappa shape index (κ1) is 12.7. The Morgan fingerprint density at radius 1 is 1.44 bits per heavy atom. The largest absolute Gasteiger partial charge is 0.394 e. The van der Waals surface area contributed by atoms with E-state index in [1.165, 1.54) is 12.8 Å². The van der Waals surface area contributed by atoms with Crippen LogP contribution in [0.2, 0.25) is 0 Å². The zero-order valence-electron chi connectivity index (χ0n) is 10.5. The van der Waals surface area contributed by atoms with Crippen molar-refractivity contribution in [2.45, 2.75) is 43.5 Å². The molecule has 3 heterocycles. The van der Waals surface area contributed by atoms with Crippen LogP contribution in [-0.2, 0) is 4.74 Å². The molecule has 0 aromatic rings. The summed E-state index contributed by atoms with van der Waals surface area (Å²) in [6, 6.07) is 0.0170. The topological polar surface area (TPSA) is 65.3 Å². The van der Waals surface area contributed by atoms with Crippen LogP contribution in [0.1, 0.15) is 19.8 Å². The molecule has 0 amide bonds. The Morgan fingerprint density at radius 3 is 2.83 bits per heavy atom. The van der Waals surface area contributed by atoms with Crippen molar-refractivity contribution in [2.24, 2.45) is 10.9 Å². The highest BCUT2D eigenvalue weighted by Crippen LogP contribution is 2.40. The third-order valence-corrected chi connectivity index (χ3v) is 5.28. The molecule has 0 aromatic carbocycles. The molecule has 18 heavy (non-hydrogen) atoms. The number of ether oxygens (including phenoxy) is 1. The Balaban J connectivity index is 1.74. The minimum atomic E-state index is -0.626. The van der Waals surface area contributed by atoms with Crippen LogP contribution >= 0.6 is 11.8 Å². The third-order valence-electron chi connectivity index (χ3n) is 4.08. The lowest BCUT2D eigenvalue weighted by molar-refractivity contribution is -0.136. The predicted molar refractivity (Wildman–Crippen MR) is 70.5 cm³/mol. The monoisotopic (exact) mass is 272 g/mol. The molecule has 0 spiro atoms. The lowest BCUT2D eigenvalue weighted by Gasteiger charge is -2.38. The minimum Gasteiger partial charge on any atom is -0.394 e. The fourth-order valence-electron chi connectivity index (χ4n) is 2.88. The summed E-state index contributed by atoms with van der Waals surface area (Å²) in [5.74, 6) is 0.0357. The SMILES string of the molecule is C[C@@H]1[C@H](O)[C@@H](CO)O[C@@H]2SC(N3CCCC3)=N[C@H]12. The van der Waals surface area contributed by atoms with E-state index in [9.17, 15) is 10.2 Å². The molecule has 0 saturated carbocycles. The van der Waals surface area contributed by atoms with E-state index in [1.807, 2.05) is 6.92 Å². The zero-order chi connectivity index (χ0) is 12.7. The quantitative estimate of drug-likeness (QED) is 0.717. The summed E-state index contributed by atoms with van der Waals surface area (Å²) >= 11 is 1.65. The lowest BCUT2D eigenvalue weighted by Crippen LogP contribution is -2.51. The van der Waals surface area contributed by atoms with Crippen molar-refractivity contribution in [3.8, 4) is 0 Å². The molecule has 5 atom stereocenters. The summed E-state index contributed by atoms with van der Waals surface area (Å²) < 4.78 is 5.75. The molecule has 5 nitrogen and oxygen atoms in total. The van der Waals surface area contributed by atoms with Crippen LogP contribution < -0.4 is 0 Å². The number of fused-ring (bicyclic) bond motifs is 1. The van der Waals surface area contributed by atoms with E-state index in [1.54, 1.807) is 11.8 Å². The number of rotatable bonds is 1. The lowest BCUT2D eigenvalue weighted by atomic mass is 9.90. The average Bonchev–Trinajstić information content (AvgIpc) is 3.01. The van der Waals surface area contributed by atoms with Crippen molar-refractivity contribution < 1.29 is 14.9 Å². The molecule has 0 aromatic heterocycles. The summed E-state index contributed by atoms with van der Waals surface area (Å²) in [6.45, 7) is 4.01. The van der Waals surface area contributed by atoms with Gasteiger partial charge in [0.05, 0.1) is 18.8 Å². The van der Waals surface area contributed by atoms with Crippen molar-refractivity contribution in [3.05, 3.63) is 0 Å². The summed E-state index contributed by atoms with van der Waals surface area (Å²) in [5, 5.41) is 20.3. The van der Waals surface area contributed by atoms with Gasteiger partial charge in [0.15, 0.2) is 5.17 Å². The molecule has 0 bridgehead atoms. The van der Waals surface area contributed by atoms with Gasteiger partial charge < -0.3 is 19.8 Å². The standard InChI is InChI=1S/C12H20N2O3S/c1-7-9-11(17-8(6-15)10(7)16)18-12(13-9)14-4-2-3-5-14/h7-11,15-16H,2-6H2,1H3/t7-,8+,9+,10-,11+/m0/s1. The van der Waals surface area contributed by atoms with Gasteiger partial charge in [0, 0.05) is 19.0 Å². The van der Waals surface area contributed by atoms with Gasteiger partial charge in [0.2, 0.25) is 0 Å². The summed E-state index contributed by atoms with van der Waals surface area (Å²) in [6.07, 6.45) is 1.36. The normalized spacial score (nSPS) is 44.1. The third kappa shape index (κ3) is 2.05. The molecule has 3 rings (SSSR count). The van der Waals surface area contributed by atoms with Crippen LogP contribution in [0.15, 0.2) is 4.99 Å². The Kier molecular flexibility index (Phi) is 3.53. The maximum Gasteiger partial charge on any atom is 0.162 e. The molecule has 6 heteroatoms. The number of nitrogens with zero attached hydrogens (tertiary/aromatic N) is 2. The van der Waals surface area contributed by atoms with Crippen LogP contribution in [0.5, 0.6) is 0 Å². The van der Waals surface area contributed by atoms with Crippen molar-refractivity contribution in [1.29, 1.82) is 0 Å². The van der Waals surface area contributed by atoms with Gasteiger partial charge in [-0.05, 0) is 12.8 Å². The van der Waals surface area contributed by atoms with Crippen LogP contribution in [0.25, 0.3) is 0 Å². The molecular formula is C12H20N2O3S. The number of likely N-dealkylation sites (tertiary alicyclic amines) is 1. The zero-order valence-corrected chi connectivity index (χ0v) is 11.3. The highest BCUT2D eigenvalue weighted by molar-refractivity contribution is 8.14. The molecule has 0 radical (unpaired) electrons. The van der Waals surface area contributed by atoms with Crippen molar-refractivity contribution >= 4 is 16.9 Å². The number of hydrogen-bond donors (Lipinski definition) is 2. The number of hydrogen-bond acceptors (Lipinski definition) is 6. The molecule has 2 fully saturated rings. The van der Waals surface area contributed by atoms with Gasteiger partial charge in [-0.25, -0.2) is 0 Å². The number of aliphatic imine (C=N–C) groups is 1. The maximum absolute atomic E-state index is 10.1. The van der Waals surface area contributed by atoms with Crippen LogP contribution in [0.4, 0.5) is 0 Å². The molecule has 102 valence electrons. The molecule has 3 aliphatic heterocycles. The fourth-order valence-corrected chi connectivity index (χ4v) is 4.24. The molecular weight excluding hydrogens is 252 g/mol. The van der Waals surface area contributed by atoms with Crippen molar-refractivity contribution in [2.75, 3.05) is 19.7 Å². The van der Waals surface area contributed by atoms with E-state index in [4.69, 9.17) is 9.73 Å². The first-order valence-corrected chi connectivity index (χ1v) is 7.52. The van der Waals surface area contributed by atoms with Gasteiger partial charge in [-0.2, -0.15) is 0 Å². The second-order valence-corrected chi connectivity index (χ2v) is 6.35. The first-order valence-electron chi connectivity index (χ1n) is 6.64. The van der Waals surface area contributed by atoms with Crippen LogP contribution in [0, 0.1) is 5.92 Å². The van der Waals surface area contributed by atoms with Gasteiger partial charge in [-0.15, -0.1) is 0 Å². The van der Waals surface area contributed by atoms with E-state index in [0.29, 0.717) is 0 Å². The number of aliphatic hydroxyl groups is 2. The fraction of sp³-hybridized carbons (Fsp3) is 0.917. The Bertz CT molecular complexity index is 346. The Morgan fingerprint density at radius 2 is 2.17 bits per heavy atom. The molecule has 0 unspecified atom stereocenters. The maximum atomic E-state index is 10.1. The molecule has 3 aliphatic rings. The van der Waals surface area contributed by atoms with Gasteiger partial charge in [0.1, 0.15) is 11.5 Å². The van der Waals surface area contributed by atoms with Gasteiger partial charge in [0.25, 0.3) is 0 Å². The smallest absolute Gasteiger partial charge is 0.162 e. The van der Waals surface area contributed by atoms with Crippen molar-refractivity contribution in [3.63, 3.8) is 0 Å².